The Bertz CT molecular complexity index is 785. The zero-order valence-electron chi connectivity index (χ0n) is 10.9. The number of aryl methyl sites for hydroxylation is 1. The van der Waals surface area contributed by atoms with E-state index in [1.807, 2.05) is 35.9 Å². The molecule has 0 saturated heterocycles. The topological polar surface area (TPSA) is 43.1 Å². The quantitative estimate of drug-likeness (QED) is 0.546. The van der Waals surface area contributed by atoms with Gasteiger partial charge in [0.2, 0.25) is 0 Å². The molecule has 0 aliphatic heterocycles. The van der Waals surface area contributed by atoms with Gasteiger partial charge in [-0.1, -0.05) is 24.4 Å². The largest absolute Gasteiger partial charge is 0.257 e. The van der Waals surface area contributed by atoms with E-state index in [1.165, 1.54) is 5.37 Å². The normalized spacial score (nSPS) is 11.4. The molecule has 20 heavy (non-hydrogen) atoms. The fourth-order valence-corrected chi connectivity index (χ4v) is 2.73. The number of hydrogen-bond acceptors (Lipinski definition) is 5. The van der Waals surface area contributed by atoms with Crippen LogP contribution in [-0.2, 0) is 6.54 Å². The van der Waals surface area contributed by atoms with Crippen LogP contribution in [0.4, 0.5) is 5.82 Å². The van der Waals surface area contributed by atoms with E-state index in [2.05, 4.69) is 20.5 Å². The standard InChI is InChI=1S/C14H12N4S2/c1-10-16-11(9-20-10)8-18-13-5-3-2-4-12(13)14(17-18)15-6-7-19/h2-7,9H,8H2,1H3. The van der Waals surface area contributed by atoms with Crippen LogP contribution in [0.25, 0.3) is 10.9 Å². The number of rotatable bonds is 4. The number of aliphatic imine (C=N–C) groups is 1. The van der Waals surface area contributed by atoms with Gasteiger partial charge in [0.15, 0.2) is 5.82 Å². The van der Waals surface area contributed by atoms with E-state index in [9.17, 15) is 0 Å². The second-order valence-corrected chi connectivity index (χ2v) is 5.60. The highest BCUT2D eigenvalue weighted by Crippen LogP contribution is 2.25. The molecule has 0 spiro atoms. The van der Waals surface area contributed by atoms with E-state index in [0.29, 0.717) is 12.4 Å². The van der Waals surface area contributed by atoms with Crippen molar-refractivity contribution in [2.75, 3.05) is 0 Å². The molecule has 0 bridgehead atoms. The summed E-state index contributed by atoms with van der Waals surface area (Å²) in [6.45, 7) is 2.66. The summed E-state index contributed by atoms with van der Waals surface area (Å²) in [4.78, 5) is 8.77. The van der Waals surface area contributed by atoms with Crippen molar-refractivity contribution >= 4 is 51.9 Å². The number of fused-ring (bicyclic) bond motifs is 1. The van der Waals surface area contributed by atoms with E-state index in [1.54, 1.807) is 17.6 Å². The SMILES string of the molecule is Cc1nc(Cn2nc(N=CC=S)c3ccccc32)cs1. The van der Waals surface area contributed by atoms with Crippen LogP contribution < -0.4 is 0 Å². The Morgan fingerprint density at radius 2 is 2.25 bits per heavy atom. The molecular formula is C14H12N4S2. The molecule has 0 radical (unpaired) electrons. The first-order chi connectivity index (χ1) is 9.78. The van der Waals surface area contributed by atoms with Gasteiger partial charge in [0.05, 0.1) is 22.8 Å². The Hall–Kier alpha value is -1.92. The minimum absolute atomic E-state index is 0.651. The molecule has 6 heteroatoms. The first-order valence-electron chi connectivity index (χ1n) is 6.12. The molecule has 3 aromatic rings. The van der Waals surface area contributed by atoms with Crippen molar-refractivity contribution in [3.63, 3.8) is 0 Å². The van der Waals surface area contributed by atoms with Crippen LogP contribution >= 0.6 is 23.6 Å². The molecule has 3 rings (SSSR count). The molecule has 100 valence electrons. The summed E-state index contributed by atoms with van der Waals surface area (Å²) in [6, 6.07) is 8.04. The number of hydrogen-bond donors (Lipinski definition) is 0. The molecule has 2 aromatic heterocycles. The van der Waals surface area contributed by atoms with Crippen LogP contribution in [0.1, 0.15) is 10.7 Å². The Morgan fingerprint density at radius 3 is 3.00 bits per heavy atom. The van der Waals surface area contributed by atoms with Gasteiger partial charge in [0.1, 0.15) is 0 Å². The van der Waals surface area contributed by atoms with Gasteiger partial charge in [0.25, 0.3) is 0 Å². The third-order valence-electron chi connectivity index (χ3n) is 2.87. The highest BCUT2D eigenvalue weighted by molar-refractivity contribution is 7.80. The van der Waals surface area contributed by atoms with Gasteiger partial charge in [0, 0.05) is 22.3 Å². The number of nitrogens with zero attached hydrogens (tertiary/aromatic N) is 4. The lowest BCUT2D eigenvalue weighted by atomic mass is 10.2. The Labute approximate surface area is 125 Å². The van der Waals surface area contributed by atoms with E-state index in [0.717, 1.165) is 21.6 Å². The second-order valence-electron chi connectivity index (χ2n) is 4.27. The number of aromatic nitrogens is 3. The highest BCUT2D eigenvalue weighted by Gasteiger charge is 2.10. The minimum Gasteiger partial charge on any atom is -0.257 e. The summed E-state index contributed by atoms with van der Waals surface area (Å²) in [6.07, 6.45) is 1.58. The van der Waals surface area contributed by atoms with Crippen LogP contribution in [0.2, 0.25) is 0 Å². The van der Waals surface area contributed by atoms with E-state index < -0.39 is 0 Å². The lowest BCUT2D eigenvalue weighted by Gasteiger charge is -1.99. The molecule has 0 fully saturated rings. The molecule has 0 amide bonds. The fraction of sp³-hybridized carbons (Fsp3) is 0.143. The third-order valence-corrected chi connectivity index (χ3v) is 3.82. The summed E-state index contributed by atoms with van der Waals surface area (Å²) in [5.74, 6) is 0.689. The molecule has 4 nitrogen and oxygen atoms in total. The molecule has 1 aromatic carbocycles. The summed E-state index contributed by atoms with van der Waals surface area (Å²) in [5, 5.41) is 10.2. The Morgan fingerprint density at radius 1 is 1.40 bits per heavy atom. The lowest BCUT2D eigenvalue weighted by Crippen LogP contribution is -2.01. The van der Waals surface area contributed by atoms with Crippen LogP contribution in [0.5, 0.6) is 0 Å². The highest BCUT2D eigenvalue weighted by atomic mass is 32.1. The van der Waals surface area contributed by atoms with E-state index in [-0.39, 0.29) is 0 Å². The van der Waals surface area contributed by atoms with Crippen molar-refractivity contribution in [1.29, 1.82) is 0 Å². The smallest absolute Gasteiger partial charge is 0.181 e. The molecule has 0 N–H and O–H groups in total. The average Bonchev–Trinajstić information content (AvgIpc) is 3.02. The molecule has 0 saturated carbocycles. The number of thiazole rings is 1. The molecular weight excluding hydrogens is 288 g/mol. The number of thiocarbonyl (C=S) groups is 1. The van der Waals surface area contributed by atoms with Gasteiger partial charge in [-0.2, -0.15) is 5.10 Å². The van der Waals surface area contributed by atoms with Crippen molar-refractivity contribution in [3.05, 3.63) is 40.3 Å². The maximum Gasteiger partial charge on any atom is 0.181 e. The molecule has 0 atom stereocenters. The molecule has 0 aliphatic carbocycles. The van der Waals surface area contributed by atoms with Crippen molar-refractivity contribution in [2.45, 2.75) is 13.5 Å². The van der Waals surface area contributed by atoms with Crippen LogP contribution in [0, 0.1) is 6.92 Å². The summed E-state index contributed by atoms with van der Waals surface area (Å²) >= 11 is 6.42. The van der Waals surface area contributed by atoms with E-state index in [4.69, 9.17) is 12.2 Å². The Balaban J connectivity index is 2.06. The van der Waals surface area contributed by atoms with Crippen molar-refractivity contribution < 1.29 is 0 Å². The van der Waals surface area contributed by atoms with Gasteiger partial charge >= 0.3 is 0 Å². The van der Waals surface area contributed by atoms with Gasteiger partial charge < -0.3 is 0 Å². The lowest BCUT2D eigenvalue weighted by molar-refractivity contribution is 0.700. The zero-order valence-corrected chi connectivity index (χ0v) is 12.5. The summed E-state index contributed by atoms with van der Waals surface area (Å²) < 4.78 is 1.93. The molecule has 0 unspecified atom stereocenters. The van der Waals surface area contributed by atoms with Crippen molar-refractivity contribution in [2.24, 2.45) is 4.99 Å². The molecule has 0 aliphatic rings. The number of benzene rings is 1. The maximum absolute atomic E-state index is 4.77. The maximum atomic E-state index is 4.77. The fourth-order valence-electron chi connectivity index (χ4n) is 2.06. The van der Waals surface area contributed by atoms with Crippen molar-refractivity contribution in [3.8, 4) is 0 Å². The van der Waals surface area contributed by atoms with Crippen LogP contribution in [0.3, 0.4) is 0 Å². The second kappa shape index (κ2) is 5.60. The average molecular weight is 300 g/mol. The number of para-hydroxylation sites is 1. The first-order valence-corrected chi connectivity index (χ1v) is 7.47. The predicted molar refractivity (Wildman–Crippen MR) is 87.5 cm³/mol. The van der Waals surface area contributed by atoms with Crippen molar-refractivity contribution in [1.82, 2.24) is 14.8 Å². The minimum atomic E-state index is 0.651. The zero-order chi connectivity index (χ0) is 13.9. The van der Waals surface area contributed by atoms with Gasteiger partial charge in [-0.25, -0.2) is 9.98 Å². The molecule has 2 heterocycles. The van der Waals surface area contributed by atoms with E-state index >= 15 is 0 Å². The van der Waals surface area contributed by atoms with Gasteiger partial charge in [-0.05, 0) is 19.1 Å². The Kier molecular flexibility index (Phi) is 3.66. The van der Waals surface area contributed by atoms with Crippen LogP contribution in [0.15, 0.2) is 34.6 Å². The van der Waals surface area contributed by atoms with Gasteiger partial charge in [-0.15, -0.1) is 11.3 Å². The summed E-state index contributed by atoms with van der Waals surface area (Å²) in [5.41, 5.74) is 2.07. The third kappa shape index (κ3) is 2.52. The van der Waals surface area contributed by atoms with Crippen LogP contribution in [-0.4, -0.2) is 26.3 Å². The van der Waals surface area contributed by atoms with Gasteiger partial charge in [-0.3, -0.25) is 4.68 Å². The predicted octanol–water partition coefficient (Wildman–Crippen LogP) is 3.55. The summed E-state index contributed by atoms with van der Waals surface area (Å²) in [7, 11) is 0. The monoisotopic (exact) mass is 300 g/mol. The first kappa shape index (κ1) is 13.1.